The van der Waals surface area contributed by atoms with E-state index in [4.69, 9.17) is 0 Å². The van der Waals surface area contributed by atoms with Crippen LogP contribution in [0.15, 0.2) is 29.2 Å². The largest absolute Gasteiger partial charge is 0.313 e. The zero-order chi connectivity index (χ0) is 24.2. The summed E-state index contributed by atoms with van der Waals surface area (Å²) in [6.45, 7) is 4.33. The van der Waals surface area contributed by atoms with Gasteiger partial charge in [-0.1, -0.05) is 20.3 Å². The van der Waals surface area contributed by atoms with E-state index in [1.165, 1.54) is 39.9 Å². The molecular weight excluding hydrogens is 460 g/mol. The second-order valence-electron chi connectivity index (χ2n) is 8.17. The van der Waals surface area contributed by atoms with Gasteiger partial charge in [0, 0.05) is 37.6 Å². The number of carbonyl (C=O) groups is 2. The number of amides is 2. The van der Waals surface area contributed by atoms with Crippen LogP contribution in [0, 0.1) is 0 Å². The Hall–Kier alpha value is -2.27. The van der Waals surface area contributed by atoms with Crippen molar-refractivity contribution < 1.29 is 18.0 Å². The predicted octanol–water partition coefficient (Wildman–Crippen LogP) is 3.51. The number of thiophene rings is 1. The summed E-state index contributed by atoms with van der Waals surface area (Å²) in [5.74, 6) is -0.618. The molecule has 0 radical (unpaired) electrons. The third kappa shape index (κ3) is 5.63. The first-order valence-electron chi connectivity index (χ1n) is 11.2. The minimum atomic E-state index is -3.59. The van der Waals surface area contributed by atoms with Crippen LogP contribution in [0.1, 0.15) is 64.3 Å². The first-order chi connectivity index (χ1) is 15.7. The second kappa shape index (κ2) is 10.8. The fourth-order valence-electron chi connectivity index (χ4n) is 4.00. The molecule has 0 unspecified atom stereocenters. The number of nitrogens with one attached hydrogen (secondary N) is 2. The zero-order valence-corrected chi connectivity index (χ0v) is 21.2. The summed E-state index contributed by atoms with van der Waals surface area (Å²) in [4.78, 5) is 27.2. The molecule has 3 rings (SSSR count). The van der Waals surface area contributed by atoms with Crippen LogP contribution >= 0.6 is 11.3 Å². The maximum Gasteiger partial charge on any atom is 0.268 e. The summed E-state index contributed by atoms with van der Waals surface area (Å²) in [6, 6.07) is 5.91. The van der Waals surface area contributed by atoms with Crippen LogP contribution in [0.25, 0.3) is 0 Å². The number of hydrazine groups is 1. The Morgan fingerprint density at radius 1 is 0.970 bits per heavy atom. The van der Waals surface area contributed by atoms with Gasteiger partial charge in [-0.05, 0) is 55.5 Å². The van der Waals surface area contributed by atoms with Crippen molar-refractivity contribution in [1.82, 2.24) is 14.7 Å². The highest BCUT2D eigenvalue weighted by molar-refractivity contribution is 7.89. The lowest BCUT2D eigenvalue weighted by atomic mass is 10.0. The topological polar surface area (TPSA) is 98.8 Å². The molecule has 1 aliphatic carbocycles. The van der Waals surface area contributed by atoms with Crippen molar-refractivity contribution in [2.24, 2.45) is 0 Å². The first-order valence-corrected chi connectivity index (χ1v) is 13.5. The number of aryl methyl sites for hydroxylation is 1. The molecule has 0 bridgehead atoms. The van der Waals surface area contributed by atoms with E-state index in [2.05, 4.69) is 10.7 Å². The van der Waals surface area contributed by atoms with Gasteiger partial charge in [-0.3, -0.25) is 15.0 Å². The van der Waals surface area contributed by atoms with Crippen molar-refractivity contribution >= 4 is 38.2 Å². The molecule has 33 heavy (non-hydrogen) atoms. The molecule has 180 valence electrons. The number of rotatable bonds is 8. The summed E-state index contributed by atoms with van der Waals surface area (Å²) >= 11 is 1.46. The van der Waals surface area contributed by atoms with Gasteiger partial charge in [0.15, 0.2) is 0 Å². The molecule has 2 N–H and O–H groups in total. The Morgan fingerprint density at radius 3 is 2.21 bits per heavy atom. The van der Waals surface area contributed by atoms with Crippen LogP contribution < -0.4 is 10.7 Å². The molecular formula is C23H32N4O4S2. The fraction of sp³-hybridized carbons (Fsp3) is 0.478. The lowest BCUT2D eigenvalue weighted by molar-refractivity contribution is 0.0857. The van der Waals surface area contributed by atoms with E-state index in [9.17, 15) is 18.0 Å². The van der Waals surface area contributed by atoms with E-state index < -0.39 is 10.0 Å². The van der Waals surface area contributed by atoms with Crippen LogP contribution in [0.4, 0.5) is 5.00 Å². The molecule has 0 saturated carbocycles. The highest BCUT2D eigenvalue weighted by Crippen LogP contribution is 2.37. The monoisotopic (exact) mass is 492 g/mol. The molecule has 1 aromatic carbocycles. The lowest BCUT2D eigenvalue weighted by Crippen LogP contribution is -2.36. The standard InChI is InChI=1S/C23H32N4O4S2/c1-5-27(6-2)33(30,31)17-14-12-16(13-15-17)21(28)24-23-20(22(29)25-26(3)4)18-10-8-7-9-11-19(18)32-23/h12-15H,5-11H2,1-4H3,(H,24,28)(H,25,29). The minimum absolute atomic E-state index is 0.150. The van der Waals surface area contributed by atoms with Crippen molar-refractivity contribution in [1.29, 1.82) is 0 Å². The molecule has 1 heterocycles. The van der Waals surface area contributed by atoms with Gasteiger partial charge in [-0.2, -0.15) is 4.31 Å². The Balaban J connectivity index is 1.87. The summed E-state index contributed by atoms with van der Waals surface area (Å²) < 4.78 is 26.8. The predicted molar refractivity (Wildman–Crippen MR) is 131 cm³/mol. The highest BCUT2D eigenvalue weighted by atomic mass is 32.2. The number of hydrogen-bond acceptors (Lipinski definition) is 6. The molecule has 0 spiro atoms. The van der Waals surface area contributed by atoms with Crippen molar-refractivity contribution in [2.75, 3.05) is 32.5 Å². The molecule has 0 atom stereocenters. The molecule has 0 fully saturated rings. The third-order valence-corrected chi connectivity index (χ3v) is 8.93. The molecule has 1 aliphatic rings. The fourth-order valence-corrected chi connectivity index (χ4v) is 6.74. The third-order valence-electron chi connectivity index (χ3n) is 5.66. The number of sulfonamides is 1. The quantitative estimate of drug-likeness (QED) is 0.434. The number of anilines is 1. The van der Waals surface area contributed by atoms with Gasteiger partial charge >= 0.3 is 0 Å². The average Bonchev–Trinajstić information content (AvgIpc) is 2.94. The number of fused-ring (bicyclic) bond motifs is 1. The zero-order valence-electron chi connectivity index (χ0n) is 19.6. The van der Waals surface area contributed by atoms with E-state index in [0.29, 0.717) is 29.2 Å². The van der Waals surface area contributed by atoms with Gasteiger partial charge in [-0.25, -0.2) is 13.4 Å². The van der Waals surface area contributed by atoms with E-state index in [-0.39, 0.29) is 16.7 Å². The highest BCUT2D eigenvalue weighted by Gasteiger charge is 2.27. The summed E-state index contributed by atoms with van der Waals surface area (Å²) in [5.41, 5.74) is 4.67. The number of hydrogen-bond donors (Lipinski definition) is 2. The van der Waals surface area contributed by atoms with Crippen LogP contribution in [-0.4, -0.2) is 56.7 Å². The second-order valence-corrected chi connectivity index (χ2v) is 11.2. The van der Waals surface area contributed by atoms with Crippen LogP contribution in [0.2, 0.25) is 0 Å². The van der Waals surface area contributed by atoms with Crippen LogP contribution in [0.5, 0.6) is 0 Å². The SMILES string of the molecule is CCN(CC)S(=O)(=O)c1ccc(C(=O)Nc2sc3c(c2C(=O)NN(C)C)CCCCC3)cc1. The van der Waals surface area contributed by atoms with E-state index in [0.717, 1.165) is 42.5 Å². The molecule has 8 nitrogen and oxygen atoms in total. The van der Waals surface area contributed by atoms with Gasteiger partial charge in [0.2, 0.25) is 10.0 Å². The van der Waals surface area contributed by atoms with Gasteiger partial charge < -0.3 is 5.32 Å². The van der Waals surface area contributed by atoms with Gasteiger partial charge in [0.1, 0.15) is 5.00 Å². The number of carbonyl (C=O) groups excluding carboxylic acids is 2. The van der Waals surface area contributed by atoms with E-state index in [1.54, 1.807) is 33.0 Å². The van der Waals surface area contributed by atoms with Crippen molar-refractivity contribution in [3.05, 3.63) is 45.8 Å². The van der Waals surface area contributed by atoms with E-state index in [1.807, 2.05) is 0 Å². The minimum Gasteiger partial charge on any atom is -0.313 e. The molecule has 0 saturated heterocycles. The Kier molecular flexibility index (Phi) is 8.28. The molecule has 1 aromatic heterocycles. The summed E-state index contributed by atoms with van der Waals surface area (Å²) in [7, 11) is -0.101. The Morgan fingerprint density at radius 2 is 1.61 bits per heavy atom. The molecule has 0 aliphatic heterocycles. The van der Waals surface area contributed by atoms with Gasteiger partial charge in [-0.15, -0.1) is 11.3 Å². The van der Waals surface area contributed by atoms with Crippen LogP contribution in [-0.2, 0) is 22.9 Å². The molecule has 2 amide bonds. The van der Waals surface area contributed by atoms with E-state index >= 15 is 0 Å². The van der Waals surface area contributed by atoms with Crippen molar-refractivity contribution in [2.45, 2.75) is 50.8 Å². The maximum absolute atomic E-state index is 13.0. The first kappa shape index (κ1) is 25.4. The maximum atomic E-state index is 13.0. The van der Waals surface area contributed by atoms with Crippen molar-refractivity contribution in [3.8, 4) is 0 Å². The lowest BCUT2D eigenvalue weighted by Gasteiger charge is -2.18. The average molecular weight is 493 g/mol. The smallest absolute Gasteiger partial charge is 0.268 e. The number of benzene rings is 1. The summed E-state index contributed by atoms with van der Waals surface area (Å²) in [6.07, 6.45) is 4.92. The van der Waals surface area contributed by atoms with Crippen molar-refractivity contribution in [3.63, 3.8) is 0 Å². The molecule has 10 heteroatoms. The number of nitrogens with zero attached hydrogens (tertiary/aromatic N) is 2. The van der Waals surface area contributed by atoms with Gasteiger partial charge in [0.25, 0.3) is 11.8 Å². The van der Waals surface area contributed by atoms with Gasteiger partial charge in [0.05, 0.1) is 10.5 Å². The summed E-state index contributed by atoms with van der Waals surface area (Å²) in [5, 5.41) is 5.02. The Labute approximate surface area is 200 Å². The Bertz CT molecular complexity index is 1100. The normalized spacial score (nSPS) is 14.1. The molecule has 2 aromatic rings. The van der Waals surface area contributed by atoms with Crippen LogP contribution in [0.3, 0.4) is 0 Å².